The summed E-state index contributed by atoms with van der Waals surface area (Å²) in [6.07, 6.45) is 3.39. The first kappa shape index (κ1) is 17.2. The van der Waals surface area contributed by atoms with Gasteiger partial charge in [0.15, 0.2) is 4.80 Å². The van der Waals surface area contributed by atoms with Gasteiger partial charge in [-0.15, -0.1) is 11.3 Å². The highest BCUT2D eigenvalue weighted by Crippen LogP contribution is 2.26. The summed E-state index contributed by atoms with van der Waals surface area (Å²) < 4.78 is 7.41. The molecule has 134 valence electrons. The molecule has 5 nitrogen and oxygen atoms in total. The number of thiazole rings is 1. The first-order valence-corrected chi connectivity index (χ1v) is 9.36. The van der Waals surface area contributed by atoms with E-state index in [-0.39, 0.29) is 0 Å². The molecule has 6 heteroatoms. The maximum Gasteiger partial charge on any atom is 0.251 e. The van der Waals surface area contributed by atoms with E-state index in [4.69, 9.17) is 4.74 Å². The lowest BCUT2D eigenvalue weighted by atomic mass is 10.1. The lowest BCUT2D eigenvalue weighted by molar-refractivity contribution is 0.415. The van der Waals surface area contributed by atoms with Crippen LogP contribution in [-0.2, 0) is 0 Å². The first-order valence-electron chi connectivity index (χ1n) is 8.48. The lowest BCUT2D eigenvalue weighted by Crippen LogP contribution is -2.14. The molecule has 0 N–H and O–H groups in total. The van der Waals surface area contributed by atoms with E-state index in [2.05, 4.69) is 56.1 Å². The summed E-state index contributed by atoms with van der Waals surface area (Å²) in [7, 11) is 1.67. The molecule has 0 bridgehead atoms. The molecular formula is C21H18N4OS. The van der Waals surface area contributed by atoms with Crippen molar-refractivity contribution in [1.29, 1.82) is 0 Å². The predicted octanol–water partition coefficient (Wildman–Crippen LogP) is 4.55. The van der Waals surface area contributed by atoms with Crippen molar-refractivity contribution in [3.8, 4) is 22.7 Å². The summed E-state index contributed by atoms with van der Waals surface area (Å²) in [5.74, 6) is 1.28. The minimum absolute atomic E-state index is 0.446. The second-order valence-corrected chi connectivity index (χ2v) is 6.80. The first-order chi connectivity index (χ1) is 13.2. The minimum atomic E-state index is 0.446. The van der Waals surface area contributed by atoms with E-state index in [1.165, 1.54) is 5.56 Å². The van der Waals surface area contributed by atoms with E-state index in [1.807, 2.05) is 24.3 Å². The van der Waals surface area contributed by atoms with Crippen molar-refractivity contribution < 1.29 is 4.74 Å². The smallest absolute Gasteiger partial charge is 0.251 e. The maximum absolute atomic E-state index is 5.28. The third-order valence-electron chi connectivity index (χ3n) is 4.13. The Labute approximate surface area is 161 Å². The highest BCUT2D eigenvalue weighted by atomic mass is 32.1. The molecule has 0 saturated heterocycles. The molecule has 0 aliphatic rings. The topological polar surface area (TPSA) is 52.3 Å². The van der Waals surface area contributed by atoms with Crippen molar-refractivity contribution in [2.24, 2.45) is 4.99 Å². The van der Waals surface area contributed by atoms with Crippen molar-refractivity contribution in [3.63, 3.8) is 0 Å². The lowest BCUT2D eigenvalue weighted by Gasteiger charge is -2.10. The molecule has 27 heavy (non-hydrogen) atoms. The average Bonchev–Trinajstić information content (AvgIpc) is 3.13. The zero-order valence-electron chi connectivity index (χ0n) is 15.0. The number of aryl methyl sites for hydroxylation is 1. The Morgan fingerprint density at radius 2 is 1.67 bits per heavy atom. The molecule has 0 unspecified atom stereocenters. The van der Waals surface area contributed by atoms with Crippen LogP contribution < -0.4 is 9.54 Å². The van der Waals surface area contributed by atoms with Crippen LogP contribution in [0.2, 0.25) is 0 Å². The van der Waals surface area contributed by atoms with Crippen LogP contribution in [0.1, 0.15) is 5.56 Å². The van der Waals surface area contributed by atoms with Gasteiger partial charge in [0.25, 0.3) is 5.95 Å². The Kier molecular flexibility index (Phi) is 4.80. The molecule has 2 aromatic heterocycles. The average molecular weight is 374 g/mol. The molecule has 4 rings (SSSR count). The highest BCUT2D eigenvalue weighted by Gasteiger charge is 2.11. The van der Waals surface area contributed by atoms with Crippen LogP contribution in [0, 0.1) is 6.92 Å². The minimum Gasteiger partial charge on any atom is -0.497 e. The molecular weight excluding hydrogens is 356 g/mol. The summed E-state index contributed by atoms with van der Waals surface area (Å²) in [5.41, 5.74) is 4.40. The quantitative estimate of drug-likeness (QED) is 0.527. The summed E-state index contributed by atoms with van der Waals surface area (Å²) in [6.45, 7) is 2.08. The Hall–Kier alpha value is -3.25. The molecule has 4 aromatic rings. The number of aromatic nitrogens is 3. The van der Waals surface area contributed by atoms with Crippen LogP contribution in [0.3, 0.4) is 0 Å². The van der Waals surface area contributed by atoms with Crippen LogP contribution in [0.4, 0.5) is 5.95 Å². The number of ether oxygens (including phenoxy) is 1. The van der Waals surface area contributed by atoms with E-state index in [0.717, 1.165) is 27.5 Å². The molecule has 0 atom stereocenters. The molecule has 0 aliphatic carbocycles. The fourth-order valence-corrected chi connectivity index (χ4v) is 3.63. The van der Waals surface area contributed by atoms with Gasteiger partial charge in [0, 0.05) is 23.5 Å². The summed E-state index contributed by atoms with van der Waals surface area (Å²) in [6, 6.07) is 18.2. The second-order valence-electron chi connectivity index (χ2n) is 5.96. The number of hydrogen-bond donors (Lipinski definition) is 0. The molecule has 2 heterocycles. The number of nitrogens with zero attached hydrogens (tertiary/aromatic N) is 4. The van der Waals surface area contributed by atoms with Crippen LogP contribution in [-0.4, -0.2) is 21.6 Å². The number of methoxy groups -OCH3 is 1. The van der Waals surface area contributed by atoms with Crippen molar-refractivity contribution in [1.82, 2.24) is 14.5 Å². The van der Waals surface area contributed by atoms with Crippen molar-refractivity contribution in [3.05, 3.63) is 82.7 Å². The molecule has 0 spiro atoms. The van der Waals surface area contributed by atoms with Crippen LogP contribution in [0.15, 0.2) is 77.4 Å². The van der Waals surface area contributed by atoms with Gasteiger partial charge >= 0.3 is 0 Å². The van der Waals surface area contributed by atoms with E-state index in [1.54, 1.807) is 36.9 Å². The normalized spacial score (nSPS) is 11.6. The van der Waals surface area contributed by atoms with Crippen LogP contribution in [0.25, 0.3) is 16.9 Å². The zero-order chi connectivity index (χ0) is 18.6. The predicted molar refractivity (Wildman–Crippen MR) is 108 cm³/mol. The van der Waals surface area contributed by atoms with E-state index in [9.17, 15) is 0 Å². The molecule has 0 fully saturated rings. The van der Waals surface area contributed by atoms with Crippen molar-refractivity contribution in [2.75, 3.05) is 7.11 Å². The third-order valence-corrected chi connectivity index (χ3v) is 4.96. The summed E-state index contributed by atoms with van der Waals surface area (Å²) in [4.78, 5) is 13.9. The van der Waals surface area contributed by atoms with Gasteiger partial charge in [-0.05, 0) is 55.0 Å². The fourth-order valence-electron chi connectivity index (χ4n) is 2.73. The van der Waals surface area contributed by atoms with Crippen LogP contribution >= 0.6 is 11.3 Å². The SMILES string of the molecule is COc1ccc(-c2cs/c(=N\c3ncccn3)n2-c2ccc(C)cc2)cc1. The van der Waals surface area contributed by atoms with Gasteiger partial charge in [-0.25, -0.2) is 9.97 Å². The van der Waals surface area contributed by atoms with Crippen molar-refractivity contribution in [2.45, 2.75) is 6.92 Å². The zero-order valence-corrected chi connectivity index (χ0v) is 15.9. The van der Waals surface area contributed by atoms with Gasteiger partial charge in [-0.3, -0.25) is 4.57 Å². The van der Waals surface area contributed by atoms with E-state index in [0.29, 0.717) is 5.95 Å². The molecule has 2 aromatic carbocycles. The van der Waals surface area contributed by atoms with E-state index < -0.39 is 0 Å². The third kappa shape index (κ3) is 3.66. The van der Waals surface area contributed by atoms with E-state index >= 15 is 0 Å². The summed E-state index contributed by atoms with van der Waals surface area (Å²) in [5, 5.41) is 2.10. The number of benzene rings is 2. The molecule has 0 radical (unpaired) electrons. The molecule has 0 saturated carbocycles. The standard InChI is InChI=1S/C21H18N4OS/c1-15-4-8-17(9-5-15)25-19(16-6-10-18(26-2)11-7-16)14-27-21(25)24-20-22-12-3-13-23-20/h3-14H,1-2H3/b24-21-. The fraction of sp³-hybridized carbons (Fsp3) is 0.0952. The Morgan fingerprint density at radius 1 is 0.963 bits per heavy atom. The van der Waals surface area contributed by atoms with Gasteiger partial charge in [0.05, 0.1) is 12.8 Å². The molecule has 0 aliphatic heterocycles. The van der Waals surface area contributed by atoms with Gasteiger partial charge in [0.1, 0.15) is 5.75 Å². The Balaban J connectivity index is 1.91. The number of rotatable bonds is 4. The van der Waals surface area contributed by atoms with Gasteiger partial charge in [0.2, 0.25) is 0 Å². The molecule has 0 amide bonds. The Bertz CT molecular complexity index is 1100. The summed E-state index contributed by atoms with van der Waals surface area (Å²) >= 11 is 1.56. The highest BCUT2D eigenvalue weighted by molar-refractivity contribution is 7.07. The van der Waals surface area contributed by atoms with Gasteiger partial charge in [-0.2, -0.15) is 4.99 Å². The van der Waals surface area contributed by atoms with Crippen LogP contribution in [0.5, 0.6) is 5.75 Å². The van der Waals surface area contributed by atoms with Gasteiger partial charge in [-0.1, -0.05) is 17.7 Å². The maximum atomic E-state index is 5.28. The Morgan fingerprint density at radius 3 is 2.33 bits per heavy atom. The largest absolute Gasteiger partial charge is 0.497 e. The number of hydrogen-bond acceptors (Lipinski definition) is 5. The van der Waals surface area contributed by atoms with Gasteiger partial charge < -0.3 is 4.74 Å². The second kappa shape index (κ2) is 7.55. The van der Waals surface area contributed by atoms with Crippen molar-refractivity contribution >= 4 is 17.3 Å². The monoisotopic (exact) mass is 374 g/mol.